The van der Waals surface area contributed by atoms with E-state index in [2.05, 4.69) is 5.32 Å². The molecule has 20 heavy (non-hydrogen) atoms. The van der Waals surface area contributed by atoms with Gasteiger partial charge in [0.25, 0.3) is 5.91 Å². The van der Waals surface area contributed by atoms with Gasteiger partial charge in [0.05, 0.1) is 11.7 Å². The minimum atomic E-state index is -0.643. The Balaban J connectivity index is 2.13. The largest absolute Gasteiger partial charge is 0.396 e. The summed E-state index contributed by atoms with van der Waals surface area (Å²) >= 11 is 0. The first kappa shape index (κ1) is 14.0. The lowest BCUT2D eigenvalue weighted by molar-refractivity contribution is 0.0939. The topological polar surface area (TPSA) is 55.1 Å². The van der Waals surface area contributed by atoms with Gasteiger partial charge >= 0.3 is 0 Å². The molecule has 0 aliphatic heterocycles. The summed E-state index contributed by atoms with van der Waals surface area (Å²) in [5.41, 5.74) is 6.14. The summed E-state index contributed by atoms with van der Waals surface area (Å²) in [5, 5.41) is 2.67. The van der Waals surface area contributed by atoms with E-state index in [9.17, 15) is 13.6 Å². The van der Waals surface area contributed by atoms with E-state index in [1.165, 1.54) is 24.3 Å². The number of nitrogens with two attached hydrogens (primary N) is 1. The first-order valence-corrected chi connectivity index (χ1v) is 6.08. The average Bonchev–Trinajstić information content (AvgIpc) is 2.41. The fourth-order valence-corrected chi connectivity index (χ4v) is 1.81. The van der Waals surface area contributed by atoms with Gasteiger partial charge in [-0.1, -0.05) is 12.1 Å². The number of anilines is 1. The van der Waals surface area contributed by atoms with Crippen molar-refractivity contribution < 1.29 is 13.6 Å². The molecule has 0 fully saturated rings. The number of rotatable bonds is 3. The highest BCUT2D eigenvalue weighted by atomic mass is 19.1. The second kappa shape index (κ2) is 5.69. The predicted octanol–water partition coefficient (Wildman–Crippen LogP) is 3.04. The molecule has 5 heteroatoms. The van der Waals surface area contributed by atoms with Crippen LogP contribution in [0.3, 0.4) is 0 Å². The van der Waals surface area contributed by atoms with Gasteiger partial charge in [0.1, 0.15) is 11.6 Å². The molecule has 0 radical (unpaired) electrons. The van der Waals surface area contributed by atoms with E-state index in [-0.39, 0.29) is 23.1 Å². The van der Waals surface area contributed by atoms with Crippen molar-refractivity contribution in [3.63, 3.8) is 0 Å². The van der Waals surface area contributed by atoms with Crippen molar-refractivity contribution in [3.05, 3.63) is 65.2 Å². The molecule has 0 bridgehead atoms. The van der Waals surface area contributed by atoms with Crippen LogP contribution in [-0.2, 0) is 0 Å². The van der Waals surface area contributed by atoms with Gasteiger partial charge in [-0.05, 0) is 42.8 Å². The summed E-state index contributed by atoms with van der Waals surface area (Å²) in [6.45, 7) is 1.72. The van der Waals surface area contributed by atoms with Gasteiger partial charge in [0.15, 0.2) is 0 Å². The molecule has 0 aliphatic rings. The molecule has 0 heterocycles. The molecule has 2 rings (SSSR count). The van der Waals surface area contributed by atoms with E-state index in [1.807, 2.05) is 0 Å². The number of nitrogen functional groups attached to an aromatic ring is 1. The van der Waals surface area contributed by atoms with Gasteiger partial charge < -0.3 is 11.1 Å². The van der Waals surface area contributed by atoms with Crippen LogP contribution in [-0.4, -0.2) is 5.91 Å². The van der Waals surface area contributed by atoms with Gasteiger partial charge in [-0.2, -0.15) is 0 Å². The number of carbonyl (C=O) groups is 1. The van der Waals surface area contributed by atoms with Crippen LogP contribution in [0.2, 0.25) is 0 Å². The Hall–Kier alpha value is -2.43. The van der Waals surface area contributed by atoms with Gasteiger partial charge in [0, 0.05) is 5.56 Å². The highest BCUT2D eigenvalue weighted by Gasteiger charge is 2.13. The van der Waals surface area contributed by atoms with Crippen LogP contribution in [0, 0.1) is 11.6 Å². The van der Waals surface area contributed by atoms with Crippen molar-refractivity contribution in [1.29, 1.82) is 0 Å². The fourth-order valence-electron chi connectivity index (χ4n) is 1.81. The Bertz CT molecular complexity index is 644. The Labute approximate surface area is 115 Å². The molecule has 2 aromatic carbocycles. The summed E-state index contributed by atoms with van der Waals surface area (Å²) in [4.78, 5) is 12.0. The summed E-state index contributed by atoms with van der Waals surface area (Å²) in [6.07, 6.45) is 0. The SMILES string of the molecule is C[C@H](NC(=O)c1ccc(N)c(F)c1)c1cccc(F)c1. The molecule has 1 atom stereocenters. The molecule has 0 saturated carbocycles. The van der Waals surface area contributed by atoms with Crippen LogP contribution in [0.1, 0.15) is 28.9 Å². The van der Waals surface area contributed by atoms with E-state index in [1.54, 1.807) is 19.1 Å². The maximum absolute atomic E-state index is 13.3. The minimum absolute atomic E-state index is 0.0141. The molecule has 104 valence electrons. The van der Waals surface area contributed by atoms with E-state index < -0.39 is 11.7 Å². The van der Waals surface area contributed by atoms with Crippen molar-refractivity contribution >= 4 is 11.6 Å². The summed E-state index contributed by atoms with van der Waals surface area (Å²) in [5.74, 6) is -1.46. The Morgan fingerprint density at radius 3 is 2.60 bits per heavy atom. The first-order valence-electron chi connectivity index (χ1n) is 6.08. The molecule has 1 amide bonds. The predicted molar refractivity (Wildman–Crippen MR) is 73.1 cm³/mol. The van der Waals surface area contributed by atoms with Crippen LogP contribution < -0.4 is 11.1 Å². The molecule has 0 unspecified atom stereocenters. The van der Waals surface area contributed by atoms with Gasteiger partial charge in [-0.15, -0.1) is 0 Å². The average molecular weight is 276 g/mol. The minimum Gasteiger partial charge on any atom is -0.396 e. The second-order valence-electron chi connectivity index (χ2n) is 4.49. The number of hydrogen-bond donors (Lipinski definition) is 2. The van der Waals surface area contributed by atoms with Crippen LogP contribution in [0.5, 0.6) is 0 Å². The molecule has 0 aliphatic carbocycles. The van der Waals surface area contributed by atoms with E-state index in [0.29, 0.717) is 5.56 Å². The summed E-state index contributed by atoms with van der Waals surface area (Å²) < 4.78 is 26.4. The zero-order valence-electron chi connectivity index (χ0n) is 10.9. The van der Waals surface area contributed by atoms with Crippen molar-refractivity contribution in [1.82, 2.24) is 5.32 Å². The van der Waals surface area contributed by atoms with Crippen LogP contribution in [0.15, 0.2) is 42.5 Å². The lowest BCUT2D eigenvalue weighted by Gasteiger charge is -2.14. The molecule has 2 aromatic rings. The van der Waals surface area contributed by atoms with E-state index in [4.69, 9.17) is 5.73 Å². The first-order chi connectivity index (χ1) is 9.47. The van der Waals surface area contributed by atoms with Crippen LogP contribution in [0.4, 0.5) is 14.5 Å². The standard InChI is InChI=1S/C15H14F2N2O/c1-9(10-3-2-4-12(16)7-10)19-15(20)11-5-6-14(18)13(17)8-11/h2-9H,18H2,1H3,(H,19,20)/t9-/m0/s1. The van der Waals surface area contributed by atoms with E-state index in [0.717, 1.165) is 6.07 Å². The lowest BCUT2D eigenvalue weighted by atomic mass is 10.1. The number of hydrogen-bond acceptors (Lipinski definition) is 2. The zero-order valence-corrected chi connectivity index (χ0v) is 10.9. The van der Waals surface area contributed by atoms with E-state index >= 15 is 0 Å². The third-order valence-corrected chi connectivity index (χ3v) is 2.96. The maximum Gasteiger partial charge on any atom is 0.251 e. The Morgan fingerprint density at radius 1 is 1.20 bits per heavy atom. The molecule has 3 nitrogen and oxygen atoms in total. The number of benzene rings is 2. The molecule has 0 saturated heterocycles. The molecular formula is C15H14F2N2O. The monoisotopic (exact) mass is 276 g/mol. The molecule has 0 aromatic heterocycles. The number of nitrogens with one attached hydrogen (secondary N) is 1. The molecular weight excluding hydrogens is 262 g/mol. The van der Waals surface area contributed by atoms with Gasteiger partial charge in [0.2, 0.25) is 0 Å². The zero-order chi connectivity index (χ0) is 14.7. The number of carbonyl (C=O) groups excluding carboxylic acids is 1. The lowest BCUT2D eigenvalue weighted by Crippen LogP contribution is -2.26. The number of halogens is 2. The number of amides is 1. The van der Waals surface area contributed by atoms with Crippen molar-refractivity contribution in [3.8, 4) is 0 Å². The van der Waals surface area contributed by atoms with Gasteiger partial charge in [-0.3, -0.25) is 4.79 Å². The third-order valence-electron chi connectivity index (χ3n) is 2.96. The molecule has 0 spiro atoms. The summed E-state index contributed by atoms with van der Waals surface area (Å²) in [7, 11) is 0. The highest BCUT2D eigenvalue weighted by Crippen LogP contribution is 2.16. The maximum atomic E-state index is 13.3. The van der Waals surface area contributed by atoms with Gasteiger partial charge in [-0.25, -0.2) is 8.78 Å². The van der Waals surface area contributed by atoms with Crippen LogP contribution in [0.25, 0.3) is 0 Å². The summed E-state index contributed by atoms with van der Waals surface area (Å²) in [6, 6.07) is 9.39. The van der Waals surface area contributed by atoms with Crippen molar-refractivity contribution in [2.75, 3.05) is 5.73 Å². The van der Waals surface area contributed by atoms with Crippen molar-refractivity contribution in [2.45, 2.75) is 13.0 Å². The molecule has 3 N–H and O–H groups in total. The quantitative estimate of drug-likeness (QED) is 0.847. The Kier molecular flexibility index (Phi) is 3.98. The van der Waals surface area contributed by atoms with Crippen molar-refractivity contribution in [2.24, 2.45) is 0 Å². The fraction of sp³-hybridized carbons (Fsp3) is 0.133. The highest BCUT2D eigenvalue weighted by molar-refractivity contribution is 5.94. The second-order valence-corrected chi connectivity index (χ2v) is 4.49. The smallest absolute Gasteiger partial charge is 0.251 e. The van der Waals surface area contributed by atoms with Crippen LogP contribution >= 0.6 is 0 Å². The third kappa shape index (κ3) is 3.12. The normalized spacial score (nSPS) is 11.9. The Morgan fingerprint density at radius 2 is 1.95 bits per heavy atom.